The Morgan fingerprint density at radius 3 is 2.73 bits per heavy atom. The van der Waals surface area contributed by atoms with Gasteiger partial charge in [-0.1, -0.05) is 25.1 Å². The van der Waals surface area contributed by atoms with Gasteiger partial charge in [0.15, 0.2) is 6.61 Å². The van der Waals surface area contributed by atoms with Crippen molar-refractivity contribution in [1.29, 1.82) is 0 Å². The molecule has 1 heterocycles. The van der Waals surface area contributed by atoms with Gasteiger partial charge in [0.1, 0.15) is 18.1 Å². The first-order chi connectivity index (χ1) is 12.7. The van der Waals surface area contributed by atoms with E-state index in [4.69, 9.17) is 14.2 Å². The molecule has 1 saturated heterocycles. The van der Waals surface area contributed by atoms with Gasteiger partial charge in [0.2, 0.25) is 0 Å². The van der Waals surface area contributed by atoms with Crippen LogP contribution in [-0.4, -0.2) is 31.8 Å². The summed E-state index contributed by atoms with van der Waals surface area (Å²) in [6.07, 6.45) is 3.27. The maximum Gasteiger partial charge on any atom is 0.262 e. The highest BCUT2D eigenvalue weighted by atomic mass is 16.5. The Morgan fingerprint density at radius 1 is 1.15 bits per heavy atom. The Labute approximate surface area is 154 Å². The molecular weight excluding hydrogens is 330 g/mol. The number of anilines is 1. The summed E-state index contributed by atoms with van der Waals surface area (Å²) < 4.78 is 16.8. The number of carbonyl (C=O) groups excluding carboxylic acids is 1. The molecule has 5 nitrogen and oxygen atoms in total. The summed E-state index contributed by atoms with van der Waals surface area (Å²) in [6, 6.07) is 15.1. The molecule has 3 rings (SSSR count). The lowest BCUT2D eigenvalue weighted by molar-refractivity contribution is -0.118. The van der Waals surface area contributed by atoms with Crippen LogP contribution >= 0.6 is 0 Å². The van der Waals surface area contributed by atoms with E-state index in [1.54, 1.807) is 0 Å². The van der Waals surface area contributed by atoms with Gasteiger partial charge < -0.3 is 19.5 Å². The molecule has 1 fully saturated rings. The van der Waals surface area contributed by atoms with Gasteiger partial charge in [-0.2, -0.15) is 0 Å². The largest absolute Gasteiger partial charge is 0.491 e. The number of amides is 1. The van der Waals surface area contributed by atoms with Gasteiger partial charge in [-0.05, 0) is 49.1 Å². The Kier molecular flexibility index (Phi) is 6.50. The Hall–Kier alpha value is -2.53. The van der Waals surface area contributed by atoms with Gasteiger partial charge in [-0.15, -0.1) is 0 Å². The quantitative estimate of drug-likeness (QED) is 0.782. The highest BCUT2D eigenvalue weighted by molar-refractivity contribution is 5.92. The molecule has 0 radical (unpaired) electrons. The number of nitrogens with one attached hydrogen (secondary N) is 1. The molecule has 5 heteroatoms. The van der Waals surface area contributed by atoms with E-state index >= 15 is 0 Å². The average molecular weight is 355 g/mol. The third kappa shape index (κ3) is 5.49. The molecule has 0 aliphatic carbocycles. The Morgan fingerprint density at radius 2 is 2.00 bits per heavy atom. The highest BCUT2D eigenvalue weighted by Crippen LogP contribution is 2.20. The summed E-state index contributed by atoms with van der Waals surface area (Å²) in [5.74, 6) is 1.20. The number of rotatable bonds is 8. The molecule has 0 bridgehead atoms. The summed E-state index contributed by atoms with van der Waals surface area (Å²) in [6.45, 7) is 3.41. The van der Waals surface area contributed by atoms with Crippen LogP contribution in [-0.2, 0) is 16.0 Å². The summed E-state index contributed by atoms with van der Waals surface area (Å²) in [4.78, 5) is 12.1. The van der Waals surface area contributed by atoms with E-state index in [2.05, 4.69) is 12.2 Å². The van der Waals surface area contributed by atoms with Crippen LogP contribution in [0.25, 0.3) is 0 Å². The van der Waals surface area contributed by atoms with E-state index < -0.39 is 0 Å². The van der Waals surface area contributed by atoms with Crippen LogP contribution in [0.15, 0.2) is 48.5 Å². The molecule has 1 aliphatic rings. The van der Waals surface area contributed by atoms with E-state index in [0.29, 0.717) is 18.0 Å². The van der Waals surface area contributed by atoms with Crippen LogP contribution in [0, 0.1) is 0 Å². The van der Waals surface area contributed by atoms with Crippen LogP contribution in [0.1, 0.15) is 25.3 Å². The van der Waals surface area contributed by atoms with Crippen molar-refractivity contribution in [2.45, 2.75) is 32.3 Å². The van der Waals surface area contributed by atoms with Crippen LogP contribution in [0.4, 0.5) is 5.69 Å². The predicted molar refractivity (Wildman–Crippen MR) is 101 cm³/mol. The lowest BCUT2D eigenvalue weighted by atomic mass is 10.2. The molecule has 0 spiro atoms. The molecule has 0 aromatic heterocycles. The van der Waals surface area contributed by atoms with Crippen LogP contribution in [0.2, 0.25) is 0 Å². The lowest BCUT2D eigenvalue weighted by Gasteiger charge is -2.13. The van der Waals surface area contributed by atoms with Gasteiger partial charge in [0.05, 0.1) is 6.10 Å². The summed E-state index contributed by atoms with van der Waals surface area (Å²) in [5.41, 5.74) is 1.92. The fourth-order valence-corrected chi connectivity index (χ4v) is 2.80. The first-order valence-electron chi connectivity index (χ1n) is 9.09. The topological polar surface area (TPSA) is 56.8 Å². The summed E-state index contributed by atoms with van der Waals surface area (Å²) in [5, 5.41) is 2.83. The van der Waals surface area contributed by atoms with Crippen molar-refractivity contribution in [2.75, 3.05) is 25.1 Å². The molecule has 1 unspecified atom stereocenters. The third-order valence-electron chi connectivity index (χ3n) is 4.28. The first kappa shape index (κ1) is 18.3. The van der Waals surface area contributed by atoms with Crippen molar-refractivity contribution in [1.82, 2.24) is 0 Å². The normalized spacial score (nSPS) is 16.3. The predicted octanol–water partition coefficient (Wildman–Crippen LogP) is 3.82. The second-order valence-corrected chi connectivity index (χ2v) is 6.31. The zero-order chi connectivity index (χ0) is 18.2. The highest BCUT2D eigenvalue weighted by Gasteiger charge is 2.16. The van der Waals surface area contributed by atoms with Crippen LogP contribution in [0.3, 0.4) is 0 Å². The fourth-order valence-electron chi connectivity index (χ4n) is 2.80. The molecule has 2 aromatic rings. The van der Waals surface area contributed by atoms with Crippen molar-refractivity contribution in [3.8, 4) is 11.5 Å². The first-order valence-corrected chi connectivity index (χ1v) is 9.09. The van der Waals surface area contributed by atoms with Crippen LogP contribution < -0.4 is 14.8 Å². The molecular formula is C21H25NO4. The Bertz CT molecular complexity index is 708. The Balaban J connectivity index is 1.46. The van der Waals surface area contributed by atoms with E-state index in [-0.39, 0.29) is 18.6 Å². The smallest absolute Gasteiger partial charge is 0.262 e. The number of ether oxygens (including phenoxy) is 3. The van der Waals surface area contributed by atoms with Gasteiger partial charge >= 0.3 is 0 Å². The molecule has 26 heavy (non-hydrogen) atoms. The number of hydrogen-bond donors (Lipinski definition) is 1. The summed E-state index contributed by atoms with van der Waals surface area (Å²) in [7, 11) is 0. The molecule has 138 valence electrons. The number of carbonyl (C=O) groups is 1. The van der Waals surface area contributed by atoms with Crippen molar-refractivity contribution in [2.24, 2.45) is 0 Å². The SMILES string of the molecule is CCc1ccc(OCC(=O)Nc2cccc(OCC3CCCO3)c2)cc1. The van der Waals surface area contributed by atoms with Crippen molar-refractivity contribution >= 4 is 11.6 Å². The van der Waals surface area contributed by atoms with Crippen molar-refractivity contribution < 1.29 is 19.0 Å². The van der Waals surface area contributed by atoms with E-state index in [1.165, 1.54) is 5.56 Å². The van der Waals surface area contributed by atoms with Gasteiger partial charge in [-0.25, -0.2) is 0 Å². The average Bonchev–Trinajstić information content (AvgIpc) is 3.19. The second kappa shape index (κ2) is 9.25. The van der Waals surface area contributed by atoms with E-state index in [0.717, 1.165) is 31.6 Å². The van der Waals surface area contributed by atoms with Gasteiger partial charge in [0.25, 0.3) is 5.91 Å². The minimum Gasteiger partial charge on any atom is -0.491 e. The molecule has 2 aromatic carbocycles. The number of aryl methyl sites for hydroxylation is 1. The van der Waals surface area contributed by atoms with Gasteiger partial charge in [-0.3, -0.25) is 4.79 Å². The zero-order valence-electron chi connectivity index (χ0n) is 15.1. The van der Waals surface area contributed by atoms with E-state index in [1.807, 2.05) is 48.5 Å². The van der Waals surface area contributed by atoms with Crippen LogP contribution in [0.5, 0.6) is 11.5 Å². The fraction of sp³-hybridized carbons (Fsp3) is 0.381. The minimum atomic E-state index is -0.208. The third-order valence-corrected chi connectivity index (χ3v) is 4.28. The lowest BCUT2D eigenvalue weighted by Crippen LogP contribution is -2.20. The second-order valence-electron chi connectivity index (χ2n) is 6.31. The van der Waals surface area contributed by atoms with E-state index in [9.17, 15) is 4.79 Å². The molecule has 1 amide bonds. The number of hydrogen-bond acceptors (Lipinski definition) is 4. The van der Waals surface area contributed by atoms with Crippen molar-refractivity contribution in [3.05, 3.63) is 54.1 Å². The minimum absolute atomic E-state index is 0.0352. The maximum absolute atomic E-state index is 12.1. The summed E-state index contributed by atoms with van der Waals surface area (Å²) >= 11 is 0. The number of benzene rings is 2. The van der Waals surface area contributed by atoms with Crippen molar-refractivity contribution in [3.63, 3.8) is 0 Å². The maximum atomic E-state index is 12.1. The molecule has 1 atom stereocenters. The molecule has 1 aliphatic heterocycles. The molecule has 1 N–H and O–H groups in total. The van der Waals surface area contributed by atoms with Gasteiger partial charge in [0, 0.05) is 18.4 Å². The zero-order valence-corrected chi connectivity index (χ0v) is 15.1. The molecule has 0 saturated carbocycles. The monoisotopic (exact) mass is 355 g/mol. The standard InChI is InChI=1S/C21H25NO4/c1-2-16-8-10-18(11-9-16)26-15-21(23)22-17-5-3-6-19(13-17)25-14-20-7-4-12-24-20/h3,5-6,8-11,13,20H,2,4,7,12,14-15H2,1H3,(H,22,23).